The van der Waals surface area contributed by atoms with E-state index >= 15 is 0 Å². The number of piperidine rings is 1. The first kappa shape index (κ1) is 16.4. The highest BCUT2D eigenvalue weighted by Crippen LogP contribution is 2.16. The Kier molecular flexibility index (Phi) is 7.39. The molecular formula is C15H31N3O. The largest absolute Gasteiger partial charge is 0.341 e. The van der Waals surface area contributed by atoms with E-state index in [0.29, 0.717) is 18.6 Å². The van der Waals surface area contributed by atoms with Crippen molar-refractivity contribution in [2.45, 2.75) is 59.0 Å². The Morgan fingerprint density at radius 1 is 1.26 bits per heavy atom. The van der Waals surface area contributed by atoms with Gasteiger partial charge in [0.05, 0.1) is 6.54 Å². The molecule has 4 heteroatoms. The standard InChI is InChI=1S/C15H31N3O/c1-5-13(4)16-12-15(19)18-10-8-14(9-11-18)17(6-2)7-3/h13-14,16H,5-12H2,1-4H3. The van der Waals surface area contributed by atoms with E-state index in [2.05, 4.69) is 37.9 Å². The van der Waals surface area contributed by atoms with Gasteiger partial charge >= 0.3 is 0 Å². The van der Waals surface area contributed by atoms with Gasteiger partial charge in [-0.1, -0.05) is 20.8 Å². The quantitative estimate of drug-likeness (QED) is 0.764. The fourth-order valence-corrected chi connectivity index (χ4v) is 2.74. The van der Waals surface area contributed by atoms with Crippen LogP contribution >= 0.6 is 0 Å². The zero-order valence-corrected chi connectivity index (χ0v) is 13.1. The van der Waals surface area contributed by atoms with E-state index in [0.717, 1.165) is 45.4 Å². The Bertz CT molecular complexity index is 258. The number of carbonyl (C=O) groups is 1. The number of rotatable bonds is 7. The number of carbonyl (C=O) groups excluding carboxylic acids is 1. The van der Waals surface area contributed by atoms with Crippen molar-refractivity contribution in [1.82, 2.24) is 15.1 Å². The Morgan fingerprint density at radius 3 is 2.32 bits per heavy atom. The Morgan fingerprint density at radius 2 is 1.84 bits per heavy atom. The van der Waals surface area contributed by atoms with Crippen molar-refractivity contribution in [2.24, 2.45) is 0 Å². The third-order valence-corrected chi connectivity index (χ3v) is 4.36. The summed E-state index contributed by atoms with van der Waals surface area (Å²) in [6.07, 6.45) is 3.31. The maximum Gasteiger partial charge on any atom is 0.236 e. The molecule has 4 nitrogen and oxygen atoms in total. The zero-order chi connectivity index (χ0) is 14.3. The van der Waals surface area contributed by atoms with Gasteiger partial charge in [-0.05, 0) is 39.3 Å². The lowest BCUT2D eigenvalue weighted by Crippen LogP contribution is -2.49. The van der Waals surface area contributed by atoms with E-state index in [1.807, 2.05) is 4.90 Å². The molecule has 0 aromatic rings. The molecule has 0 radical (unpaired) electrons. The lowest BCUT2D eigenvalue weighted by Gasteiger charge is -2.37. The topological polar surface area (TPSA) is 35.6 Å². The van der Waals surface area contributed by atoms with Crippen LogP contribution < -0.4 is 5.32 Å². The fraction of sp³-hybridized carbons (Fsp3) is 0.933. The van der Waals surface area contributed by atoms with Crippen LogP contribution in [0.2, 0.25) is 0 Å². The van der Waals surface area contributed by atoms with Crippen LogP contribution in [0.25, 0.3) is 0 Å². The van der Waals surface area contributed by atoms with Crippen molar-refractivity contribution in [3.8, 4) is 0 Å². The molecule has 1 unspecified atom stereocenters. The average Bonchev–Trinajstić information content (AvgIpc) is 2.46. The van der Waals surface area contributed by atoms with Gasteiger partial charge in [-0.2, -0.15) is 0 Å². The van der Waals surface area contributed by atoms with Crippen molar-refractivity contribution in [2.75, 3.05) is 32.7 Å². The molecule has 1 heterocycles. The summed E-state index contributed by atoms with van der Waals surface area (Å²) in [5.41, 5.74) is 0. The summed E-state index contributed by atoms with van der Waals surface area (Å²) in [7, 11) is 0. The molecule has 0 aromatic heterocycles. The molecule has 112 valence electrons. The molecule has 1 amide bonds. The Hall–Kier alpha value is -0.610. The first-order chi connectivity index (χ1) is 9.12. The van der Waals surface area contributed by atoms with Crippen LogP contribution in [0.4, 0.5) is 0 Å². The summed E-state index contributed by atoms with van der Waals surface area (Å²) in [4.78, 5) is 16.6. The first-order valence-electron chi connectivity index (χ1n) is 7.87. The molecule has 0 spiro atoms. The molecular weight excluding hydrogens is 238 g/mol. The number of hydrogen-bond acceptors (Lipinski definition) is 3. The maximum absolute atomic E-state index is 12.1. The van der Waals surface area contributed by atoms with E-state index in [9.17, 15) is 4.79 Å². The first-order valence-corrected chi connectivity index (χ1v) is 7.87. The van der Waals surface area contributed by atoms with Crippen LogP contribution in [0.15, 0.2) is 0 Å². The highest BCUT2D eigenvalue weighted by Gasteiger charge is 2.25. The molecule has 1 aliphatic heterocycles. The fourth-order valence-electron chi connectivity index (χ4n) is 2.74. The van der Waals surface area contributed by atoms with Crippen LogP contribution in [0.5, 0.6) is 0 Å². The molecule has 1 atom stereocenters. The summed E-state index contributed by atoms with van der Waals surface area (Å²) in [6, 6.07) is 1.10. The van der Waals surface area contributed by atoms with Gasteiger partial charge < -0.3 is 15.1 Å². The second-order valence-corrected chi connectivity index (χ2v) is 5.52. The van der Waals surface area contributed by atoms with Gasteiger partial charge in [0.2, 0.25) is 5.91 Å². The number of nitrogens with zero attached hydrogens (tertiary/aromatic N) is 2. The van der Waals surface area contributed by atoms with Gasteiger partial charge in [0.15, 0.2) is 0 Å². The lowest BCUT2D eigenvalue weighted by molar-refractivity contribution is -0.131. The number of likely N-dealkylation sites (tertiary alicyclic amines) is 1. The summed E-state index contributed by atoms with van der Waals surface area (Å²) in [5, 5.41) is 3.28. The SMILES string of the molecule is CCC(C)NCC(=O)N1CCC(N(CC)CC)CC1. The lowest BCUT2D eigenvalue weighted by atomic mass is 10.0. The molecule has 0 aliphatic carbocycles. The van der Waals surface area contributed by atoms with Crippen molar-refractivity contribution in [3.63, 3.8) is 0 Å². The summed E-state index contributed by atoms with van der Waals surface area (Å²) < 4.78 is 0. The van der Waals surface area contributed by atoms with E-state index in [1.54, 1.807) is 0 Å². The van der Waals surface area contributed by atoms with Crippen LogP contribution in [0.3, 0.4) is 0 Å². The van der Waals surface area contributed by atoms with E-state index < -0.39 is 0 Å². The van der Waals surface area contributed by atoms with Gasteiger partial charge in [0, 0.05) is 25.2 Å². The Balaban J connectivity index is 2.30. The average molecular weight is 269 g/mol. The van der Waals surface area contributed by atoms with Gasteiger partial charge in [0.25, 0.3) is 0 Å². The minimum Gasteiger partial charge on any atom is -0.341 e. The molecule has 0 aromatic carbocycles. The van der Waals surface area contributed by atoms with Crippen LogP contribution in [0, 0.1) is 0 Å². The summed E-state index contributed by atoms with van der Waals surface area (Å²) in [6.45, 7) is 13.3. The molecule has 1 N–H and O–H groups in total. The summed E-state index contributed by atoms with van der Waals surface area (Å²) in [5.74, 6) is 0.262. The molecule has 1 aliphatic rings. The third-order valence-electron chi connectivity index (χ3n) is 4.36. The van der Waals surface area contributed by atoms with Crippen molar-refractivity contribution in [3.05, 3.63) is 0 Å². The Labute approximate surface area is 118 Å². The number of amides is 1. The minimum atomic E-state index is 0.262. The van der Waals surface area contributed by atoms with Gasteiger partial charge in [-0.3, -0.25) is 4.79 Å². The van der Waals surface area contributed by atoms with Crippen LogP contribution in [-0.2, 0) is 4.79 Å². The van der Waals surface area contributed by atoms with Gasteiger partial charge in [-0.25, -0.2) is 0 Å². The highest BCUT2D eigenvalue weighted by molar-refractivity contribution is 5.78. The second-order valence-electron chi connectivity index (χ2n) is 5.52. The smallest absolute Gasteiger partial charge is 0.236 e. The van der Waals surface area contributed by atoms with E-state index in [4.69, 9.17) is 0 Å². The van der Waals surface area contributed by atoms with Crippen LogP contribution in [-0.4, -0.2) is 60.5 Å². The van der Waals surface area contributed by atoms with Gasteiger partial charge in [-0.15, -0.1) is 0 Å². The third kappa shape index (κ3) is 5.11. The molecule has 1 rings (SSSR count). The van der Waals surface area contributed by atoms with Crippen molar-refractivity contribution < 1.29 is 4.79 Å². The maximum atomic E-state index is 12.1. The van der Waals surface area contributed by atoms with Crippen LogP contribution in [0.1, 0.15) is 47.0 Å². The molecule has 19 heavy (non-hydrogen) atoms. The van der Waals surface area contributed by atoms with Crippen molar-refractivity contribution >= 4 is 5.91 Å². The molecule has 1 fully saturated rings. The van der Waals surface area contributed by atoms with Gasteiger partial charge in [0.1, 0.15) is 0 Å². The normalized spacial score (nSPS) is 18.9. The van der Waals surface area contributed by atoms with E-state index in [1.165, 1.54) is 0 Å². The predicted molar refractivity (Wildman–Crippen MR) is 80.3 cm³/mol. The zero-order valence-electron chi connectivity index (χ0n) is 13.1. The number of hydrogen-bond donors (Lipinski definition) is 1. The monoisotopic (exact) mass is 269 g/mol. The second kappa shape index (κ2) is 8.54. The predicted octanol–water partition coefficient (Wildman–Crippen LogP) is 1.71. The number of nitrogens with one attached hydrogen (secondary N) is 1. The molecule has 0 bridgehead atoms. The van der Waals surface area contributed by atoms with E-state index in [-0.39, 0.29) is 5.91 Å². The molecule has 1 saturated heterocycles. The summed E-state index contributed by atoms with van der Waals surface area (Å²) >= 11 is 0. The van der Waals surface area contributed by atoms with Crippen molar-refractivity contribution in [1.29, 1.82) is 0 Å². The minimum absolute atomic E-state index is 0.262. The highest BCUT2D eigenvalue weighted by atomic mass is 16.2. The molecule has 0 saturated carbocycles.